The molecule has 5 heteroatoms. The van der Waals surface area contributed by atoms with Crippen molar-refractivity contribution in [2.45, 2.75) is 26.3 Å². The molecule has 96 valence electrons. The van der Waals surface area contributed by atoms with Crippen LogP contribution in [-0.4, -0.2) is 16.7 Å². The van der Waals surface area contributed by atoms with Crippen molar-refractivity contribution in [2.24, 2.45) is 0 Å². The molecule has 0 amide bonds. The van der Waals surface area contributed by atoms with Gasteiger partial charge in [-0.25, -0.2) is 0 Å². The summed E-state index contributed by atoms with van der Waals surface area (Å²) in [5.74, 6) is 0. The van der Waals surface area contributed by atoms with Crippen LogP contribution >= 0.6 is 11.3 Å². The number of anilines is 2. The Morgan fingerprint density at radius 3 is 2.61 bits per heavy atom. The smallest absolute Gasteiger partial charge is 0.203 e. The highest BCUT2D eigenvalue weighted by atomic mass is 32.1. The molecule has 0 aliphatic rings. The molecule has 1 aromatic carbocycles. The highest BCUT2D eigenvalue weighted by Gasteiger charge is 2.09. The Bertz CT molecular complexity index is 469. The first kappa shape index (κ1) is 12.8. The van der Waals surface area contributed by atoms with E-state index in [0.29, 0.717) is 5.13 Å². The van der Waals surface area contributed by atoms with Crippen LogP contribution in [0.4, 0.5) is 10.8 Å². The lowest BCUT2D eigenvalue weighted by Crippen LogP contribution is -2.23. The first-order valence-electron chi connectivity index (χ1n) is 6.17. The lowest BCUT2D eigenvalue weighted by atomic mass is 10.2. The van der Waals surface area contributed by atoms with Gasteiger partial charge in [0.05, 0.1) is 6.54 Å². The molecule has 0 fully saturated rings. The topological polar surface area (TPSA) is 55.0 Å². The second-order valence-corrected chi connectivity index (χ2v) is 5.24. The summed E-state index contributed by atoms with van der Waals surface area (Å²) in [6.45, 7) is 4.00. The van der Waals surface area contributed by atoms with Crippen LogP contribution in [0.5, 0.6) is 0 Å². The van der Waals surface area contributed by atoms with E-state index in [1.54, 1.807) is 0 Å². The Hall–Kier alpha value is -1.62. The van der Waals surface area contributed by atoms with E-state index in [1.807, 2.05) is 6.07 Å². The zero-order valence-corrected chi connectivity index (χ0v) is 11.4. The van der Waals surface area contributed by atoms with E-state index in [4.69, 9.17) is 5.73 Å². The molecule has 0 saturated heterocycles. The van der Waals surface area contributed by atoms with E-state index in [2.05, 4.69) is 46.3 Å². The van der Waals surface area contributed by atoms with E-state index in [0.717, 1.165) is 18.1 Å². The van der Waals surface area contributed by atoms with Crippen molar-refractivity contribution in [1.82, 2.24) is 10.2 Å². The SMILES string of the molecule is CCCCN(Cc1nnc(N)s1)c1ccccc1. The molecular formula is C13H18N4S. The second kappa shape index (κ2) is 6.35. The van der Waals surface area contributed by atoms with Gasteiger partial charge in [0.2, 0.25) is 5.13 Å². The maximum Gasteiger partial charge on any atom is 0.203 e. The van der Waals surface area contributed by atoms with Crippen LogP contribution in [0.25, 0.3) is 0 Å². The molecule has 0 unspecified atom stereocenters. The van der Waals surface area contributed by atoms with Gasteiger partial charge in [0, 0.05) is 12.2 Å². The monoisotopic (exact) mass is 262 g/mol. The normalized spacial score (nSPS) is 10.5. The fraction of sp³-hybridized carbons (Fsp3) is 0.385. The van der Waals surface area contributed by atoms with E-state index in [-0.39, 0.29) is 0 Å². The van der Waals surface area contributed by atoms with Crippen molar-refractivity contribution in [3.05, 3.63) is 35.3 Å². The number of hydrogen-bond donors (Lipinski definition) is 1. The van der Waals surface area contributed by atoms with Crippen molar-refractivity contribution < 1.29 is 0 Å². The van der Waals surface area contributed by atoms with Gasteiger partial charge in [-0.3, -0.25) is 0 Å². The molecular weight excluding hydrogens is 244 g/mol. The molecule has 1 aromatic heterocycles. The molecule has 1 heterocycles. The Morgan fingerprint density at radius 1 is 1.22 bits per heavy atom. The molecule has 2 rings (SSSR count). The number of hydrogen-bond acceptors (Lipinski definition) is 5. The van der Waals surface area contributed by atoms with Gasteiger partial charge < -0.3 is 10.6 Å². The third-order valence-corrected chi connectivity index (χ3v) is 3.45. The van der Waals surface area contributed by atoms with E-state index < -0.39 is 0 Å². The molecule has 2 N–H and O–H groups in total. The number of unbranched alkanes of at least 4 members (excludes halogenated alkanes) is 1. The summed E-state index contributed by atoms with van der Waals surface area (Å²) in [5.41, 5.74) is 6.84. The quantitative estimate of drug-likeness (QED) is 0.869. The molecule has 0 saturated carbocycles. The van der Waals surface area contributed by atoms with Crippen LogP contribution in [0.1, 0.15) is 24.8 Å². The number of aromatic nitrogens is 2. The zero-order chi connectivity index (χ0) is 12.8. The molecule has 2 aromatic rings. The summed E-state index contributed by atoms with van der Waals surface area (Å²) in [6.07, 6.45) is 2.35. The van der Waals surface area contributed by atoms with Gasteiger partial charge in [-0.2, -0.15) is 0 Å². The Balaban J connectivity index is 2.10. The van der Waals surface area contributed by atoms with Gasteiger partial charge in [0.25, 0.3) is 0 Å². The minimum Gasteiger partial charge on any atom is -0.374 e. The standard InChI is InChI=1S/C13H18N4S/c1-2-3-9-17(11-7-5-4-6-8-11)10-12-15-16-13(14)18-12/h4-8H,2-3,9-10H2,1H3,(H2,14,16). The number of rotatable bonds is 6. The summed E-state index contributed by atoms with van der Waals surface area (Å²) < 4.78 is 0. The minimum atomic E-state index is 0.536. The Morgan fingerprint density at radius 2 is 2.00 bits per heavy atom. The molecule has 0 radical (unpaired) electrons. The van der Waals surface area contributed by atoms with Gasteiger partial charge in [0.15, 0.2) is 0 Å². The summed E-state index contributed by atoms with van der Waals surface area (Å²) in [7, 11) is 0. The van der Waals surface area contributed by atoms with Crippen LogP contribution in [0.2, 0.25) is 0 Å². The Kier molecular flexibility index (Phi) is 4.52. The third kappa shape index (κ3) is 3.43. The lowest BCUT2D eigenvalue weighted by Gasteiger charge is -2.23. The van der Waals surface area contributed by atoms with Crippen LogP contribution in [0.3, 0.4) is 0 Å². The third-order valence-electron chi connectivity index (χ3n) is 2.71. The van der Waals surface area contributed by atoms with E-state index in [1.165, 1.54) is 29.9 Å². The van der Waals surface area contributed by atoms with Gasteiger partial charge in [0.1, 0.15) is 5.01 Å². The van der Waals surface area contributed by atoms with E-state index >= 15 is 0 Å². The summed E-state index contributed by atoms with van der Waals surface area (Å²) >= 11 is 1.46. The van der Waals surface area contributed by atoms with E-state index in [9.17, 15) is 0 Å². The maximum absolute atomic E-state index is 5.62. The number of nitrogens with zero attached hydrogens (tertiary/aromatic N) is 3. The maximum atomic E-state index is 5.62. The van der Waals surface area contributed by atoms with Gasteiger partial charge in [-0.1, -0.05) is 42.9 Å². The molecule has 4 nitrogen and oxygen atoms in total. The summed E-state index contributed by atoms with van der Waals surface area (Å²) in [4.78, 5) is 2.32. The molecule has 0 aliphatic carbocycles. The largest absolute Gasteiger partial charge is 0.374 e. The summed E-state index contributed by atoms with van der Waals surface area (Å²) in [6, 6.07) is 10.4. The van der Waals surface area contributed by atoms with Gasteiger partial charge >= 0.3 is 0 Å². The Labute approximate surface area is 111 Å². The number of nitrogens with two attached hydrogens (primary N) is 1. The summed E-state index contributed by atoms with van der Waals surface area (Å²) in [5, 5.41) is 9.46. The average Bonchev–Trinajstić information content (AvgIpc) is 2.81. The van der Waals surface area contributed by atoms with Crippen molar-refractivity contribution in [2.75, 3.05) is 17.2 Å². The molecule has 0 spiro atoms. The van der Waals surface area contributed by atoms with Crippen LogP contribution in [0, 0.1) is 0 Å². The molecule has 0 bridgehead atoms. The fourth-order valence-electron chi connectivity index (χ4n) is 1.78. The molecule has 18 heavy (non-hydrogen) atoms. The second-order valence-electron chi connectivity index (χ2n) is 4.14. The number of benzene rings is 1. The average molecular weight is 262 g/mol. The predicted molar refractivity (Wildman–Crippen MR) is 76.7 cm³/mol. The van der Waals surface area contributed by atoms with Gasteiger partial charge in [-0.15, -0.1) is 10.2 Å². The predicted octanol–water partition coefficient (Wildman–Crippen LogP) is 2.93. The van der Waals surface area contributed by atoms with Crippen molar-refractivity contribution in [3.63, 3.8) is 0 Å². The zero-order valence-electron chi connectivity index (χ0n) is 10.5. The van der Waals surface area contributed by atoms with Crippen molar-refractivity contribution in [1.29, 1.82) is 0 Å². The lowest BCUT2D eigenvalue weighted by molar-refractivity contribution is 0.710. The van der Waals surface area contributed by atoms with Gasteiger partial charge in [-0.05, 0) is 18.6 Å². The first-order chi connectivity index (χ1) is 8.79. The van der Waals surface area contributed by atoms with Crippen LogP contribution < -0.4 is 10.6 Å². The number of para-hydroxylation sites is 1. The van der Waals surface area contributed by atoms with Crippen molar-refractivity contribution >= 4 is 22.2 Å². The first-order valence-corrected chi connectivity index (χ1v) is 6.99. The number of nitrogen functional groups attached to an aromatic ring is 1. The van der Waals surface area contributed by atoms with Crippen LogP contribution in [-0.2, 0) is 6.54 Å². The minimum absolute atomic E-state index is 0.536. The van der Waals surface area contributed by atoms with Crippen molar-refractivity contribution in [3.8, 4) is 0 Å². The fourth-order valence-corrected chi connectivity index (χ4v) is 2.41. The molecule has 0 aliphatic heterocycles. The highest BCUT2D eigenvalue weighted by molar-refractivity contribution is 7.15. The highest BCUT2D eigenvalue weighted by Crippen LogP contribution is 2.20. The molecule has 0 atom stereocenters. The van der Waals surface area contributed by atoms with Crippen LogP contribution in [0.15, 0.2) is 30.3 Å².